The van der Waals surface area contributed by atoms with Crippen molar-refractivity contribution in [1.29, 1.82) is 0 Å². The maximum absolute atomic E-state index is 12.8. The van der Waals surface area contributed by atoms with Crippen molar-refractivity contribution in [3.8, 4) is 5.69 Å². The highest BCUT2D eigenvalue weighted by molar-refractivity contribution is 6.30. The zero-order chi connectivity index (χ0) is 17.4. The summed E-state index contributed by atoms with van der Waals surface area (Å²) in [6, 6.07) is 8.70. The number of benzene rings is 1. The average Bonchev–Trinajstić information content (AvgIpc) is 3.17. The second-order valence-corrected chi connectivity index (χ2v) is 7.35. The van der Waals surface area contributed by atoms with Gasteiger partial charge in [-0.1, -0.05) is 29.8 Å². The lowest BCUT2D eigenvalue weighted by Gasteiger charge is -2.29. The molecule has 2 aliphatic rings. The SMILES string of the molecule is CCc1c(C(=O)NC2CC3CCC(C2)N3)nnn1-c1cccc(Cl)c1.Cl. The van der Waals surface area contributed by atoms with Crippen LogP contribution in [-0.4, -0.2) is 39.0 Å². The molecule has 2 aliphatic heterocycles. The molecule has 26 heavy (non-hydrogen) atoms. The largest absolute Gasteiger partial charge is 0.348 e. The Hall–Kier alpha value is -1.63. The van der Waals surface area contributed by atoms with Gasteiger partial charge in [0, 0.05) is 23.1 Å². The van der Waals surface area contributed by atoms with Crippen LogP contribution in [0, 0.1) is 0 Å². The Labute approximate surface area is 164 Å². The molecular weight excluding hydrogens is 373 g/mol. The molecule has 2 fully saturated rings. The van der Waals surface area contributed by atoms with E-state index in [2.05, 4.69) is 20.9 Å². The van der Waals surface area contributed by atoms with Gasteiger partial charge in [-0.15, -0.1) is 17.5 Å². The normalized spacial score (nSPS) is 24.2. The molecule has 8 heteroatoms. The fourth-order valence-corrected chi connectivity index (χ4v) is 4.22. The summed E-state index contributed by atoms with van der Waals surface area (Å²) in [5, 5.41) is 15.7. The molecule has 0 spiro atoms. The van der Waals surface area contributed by atoms with Crippen LogP contribution < -0.4 is 10.6 Å². The number of piperidine rings is 1. The second-order valence-electron chi connectivity index (χ2n) is 6.91. The van der Waals surface area contributed by atoms with E-state index in [0.29, 0.717) is 29.2 Å². The van der Waals surface area contributed by atoms with Crippen LogP contribution in [0.15, 0.2) is 24.3 Å². The minimum Gasteiger partial charge on any atom is -0.348 e. The fraction of sp³-hybridized carbons (Fsp3) is 0.500. The lowest BCUT2D eigenvalue weighted by Crippen LogP contribution is -2.48. The maximum Gasteiger partial charge on any atom is 0.273 e. The van der Waals surface area contributed by atoms with Crippen LogP contribution in [-0.2, 0) is 6.42 Å². The molecule has 0 aliphatic carbocycles. The highest BCUT2D eigenvalue weighted by Crippen LogP contribution is 2.27. The first-order valence-corrected chi connectivity index (χ1v) is 9.29. The van der Waals surface area contributed by atoms with E-state index >= 15 is 0 Å². The minimum absolute atomic E-state index is 0. The third-order valence-corrected chi connectivity index (χ3v) is 5.41. The first-order chi connectivity index (χ1) is 12.1. The van der Waals surface area contributed by atoms with Crippen molar-refractivity contribution in [2.24, 2.45) is 0 Å². The Morgan fingerprint density at radius 2 is 2.08 bits per heavy atom. The Balaban J connectivity index is 0.00000196. The molecule has 140 valence electrons. The van der Waals surface area contributed by atoms with Crippen molar-refractivity contribution < 1.29 is 4.79 Å². The molecule has 4 rings (SSSR count). The first kappa shape index (κ1) is 19.1. The number of hydrogen-bond donors (Lipinski definition) is 2. The molecule has 1 amide bonds. The smallest absolute Gasteiger partial charge is 0.273 e. The zero-order valence-corrected chi connectivity index (χ0v) is 16.2. The molecule has 2 saturated heterocycles. The van der Waals surface area contributed by atoms with E-state index in [1.54, 1.807) is 4.68 Å². The average molecular weight is 396 g/mol. The van der Waals surface area contributed by atoms with E-state index in [9.17, 15) is 4.79 Å². The Kier molecular flexibility index (Phi) is 5.85. The predicted octanol–water partition coefficient (Wildman–Crippen LogP) is 2.92. The molecule has 0 saturated carbocycles. The van der Waals surface area contributed by atoms with Gasteiger partial charge in [-0.2, -0.15) is 0 Å². The number of aromatic nitrogens is 3. The van der Waals surface area contributed by atoms with Gasteiger partial charge in [0.25, 0.3) is 5.91 Å². The lowest BCUT2D eigenvalue weighted by atomic mass is 9.99. The molecule has 2 unspecified atom stereocenters. The molecule has 1 aromatic carbocycles. The minimum atomic E-state index is -0.128. The first-order valence-electron chi connectivity index (χ1n) is 8.91. The third kappa shape index (κ3) is 3.72. The van der Waals surface area contributed by atoms with Crippen molar-refractivity contribution in [2.45, 2.75) is 57.2 Å². The van der Waals surface area contributed by atoms with Crippen LogP contribution in [0.4, 0.5) is 0 Å². The summed E-state index contributed by atoms with van der Waals surface area (Å²) < 4.78 is 1.70. The molecule has 3 heterocycles. The van der Waals surface area contributed by atoms with Crippen LogP contribution in [0.25, 0.3) is 5.69 Å². The summed E-state index contributed by atoms with van der Waals surface area (Å²) >= 11 is 6.07. The van der Waals surface area contributed by atoms with Crippen LogP contribution in [0.5, 0.6) is 0 Å². The predicted molar refractivity (Wildman–Crippen MR) is 103 cm³/mol. The van der Waals surface area contributed by atoms with Crippen molar-refractivity contribution in [3.63, 3.8) is 0 Å². The van der Waals surface area contributed by atoms with Gasteiger partial charge in [0.1, 0.15) is 0 Å². The number of nitrogens with zero attached hydrogens (tertiary/aromatic N) is 3. The highest BCUT2D eigenvalue weighted by Gasteiger charge is 2.34. The molecular formula is C18H23Cl2N5O. The van der Waals surface area contributed by atoms with E-state index in [1.165, 1.54) is 12.8 Å². The summed E-state index contributed by atoms with van der Waals surface area (Å²) in [5.41, 5.74) is 2.03. The standard InChI is InChI=1S/C18H22ClN5O.ClH/c1-2-16-17(22-23-24(16)15-5-3-4-11(19)8-15)18(25)21-14-9-12-6-7-13(10-14)20-12;/h3-5,8,12-14,20H,2,6-7,9-10H2,1H3,(H,21,25);1H. The summed E-state index contributed by atoms with van der Waals surface area (Å²) in [6.07, 6.45) is 5.07. The molecule has 0 radical (unpaired) electrons. The van der Waals surface area contributed by atoms with E-state index in [4.69, 9.17) is 11.6 Å². The number of amides is 1. The van der Waals surface area contributed by atoms with E-state index in [-0.39, 0.29) is 24.4 Å². The Bertz CT molecular complexity index is 782. The van der Waals surface area contributed by atoms with Crippen LogP contribution in [0.1, 0.15) is 48.8 Å². The van der Waals surface area contributed by atoms with Crippen molar-refractivity contribution in [1.82, 2.24) is 25.6 Å². The lowest BCUT2D eigenvalue weighted by molar-refractivity contribution is 0.0918. The summed E-state index contributed by atoms with van der Waals surface area (Å²) in [7, 11) is 0. The molecule has 1 aromatic heterocycles. The summed E-state index contributed by atoms with van der Waals surface area (Å²) in [4.78, 5) is 12.8. The van der Waals surface area contributed by atoms with E-state index in [0.717, 1.165) is 24.2 Å². The summed E-state index contributed by atoms with van der Waals surface area (Å²) in [6.45, 7) is 2.00. The number of carbonyl (C=O) groups is 1. The van der Waals surface area contributed by atoms with Crippen LogP contribution in [0.2, 0.25) is 5.02 Å². The number of halogens is 2. The quantitative estimate of drug-likeness (QED) is 0.834. The van der Waals surface area contributed by atoms with E-state index in [1.807, 2.05) is 31.2 Å². The molecule has 2 bridgehead atoms. The van der Waals surface area contributed by atoms with Crippen molar-refractivity contribution in [3.05, 3.63) is 40.7 Å². The number of nitrogens with one attached hydrogen (secondary N) is 2. The van der Waals surface area contributed by atoms with Crippen LogP contribution in [0.3, 0.4) is 0 Å². The summed E-state index contributed by atoms with van der Waals surface area (Å²) in [5.74, 6) is -0.128. The number of carbonyl (C=O) groups excluding carboxylic acids is 1. The Morgan fingerprint density at radius 3 is 2.73 bits per heavy atom. The second kappa shape index (κ2) is 7.94. The van der Waals surface area contributed by atoms with Gasteiger partial charge in [0.15, 0.2) is 5.69 Å². The molecule has 2 N–H and O–H groups in total. The van der Waals surface area contributed by atoms with Crippen LogP contribution >= 0.6 is 24.0 Å². The number of fused-ring (bicyclic) bond motifs is 2. The third-order valence-electron chi connectivity index (χ3n) is 5.17. The zero-order valence-electron chi connectivity index (χ0n) is 14.6. The fourth-order valence-electron chi connectivity index (χ4n) is 4.04. The topological polar surface area (TPSA) is 71.8 Å². The van der Waals surface area contributed by atoms with Gasteiger partial charge >= 0.3 is 0 Å². The van der Waals surface area contributed by atoms with Gasteiger partial charge in [0.2, 0.25) is 0 Å². The molecule has 6 nitrogen and oxygen atoms in total. The van der Waals surface area contributed by atoms with Gasteiger partial charge in [-0.25, -0.2) is 4.68 Å². The van der Waals surface area contributed by atoms with Crippen molar-refractivity contribution in [2.75, 3.05) is 0 Å². The number of rotatable bonds is 4. The van der Waals surface area contributed by atoms with Gasteiger partial charge in [-0.3, -0.25) is 4.79 Å². The van der Waals surface area contributed by atoms with Gasteiger partial charge in [0.05, 0.1) is 11.4 Å². The number of hydrogen-bond acceptors (Lipinski definition) is 4. The molecule has 2 atom stereocenters. The van der Waals surface area contributed by atoms with Gasteiger partial charge < -0.3 is 10.6 Å². The monoisotopic (exact) mass is 395 g/mol. The van der Waals surface area contributed by atoms with E-state index < -0.39 is 0 Å². The molecule has 2 aromatic rings. The van der Waals surface area contributed by atoms with Gasteiger partial charge in [-0.05, 0) is 50.3 Å². The Morgan fingerprint density at radius 1 is 1.35 bits per heavy atom. The highest BCUT2D eigenvalue weighted by atomic mass is 35.5. The van der Waals surface area contributed by atoms with Crippen molar-refractivity contribution >= 4 is 29.9 Å². The maximum atomic E-state index is 12.8.